The fourth-order valence-corrected chi connectivity index (χ4v) is 3.72. The van der Waals surface area contributed by atoms with Crippen molar-refractivity contribution in [3.8, 4) is 0 Å². The Morgan fingerprint density at radius 1 is 0.786 bits per heavy atom. The zero-order valence-electron chi connectivity index (χ0n) is 16.2. The average Bonchev–Trinajstić information content (AvgIpc) is 2.72. The molecule has 0 heterocycles. The van der Waals surface area contributed by atoms with Gasteiger partial charge in [-0.2, -0.15) is 0 Å². The number of carbonyl (C=O) groups is 2. The van der Waals surface area contributed by atoms with E-state index in [1.165, 1.54) is 5.56 Å². The molecule has 1 aliphatic carbocycles. The van der Waals surface area contributed by atoms with E-state index in [1.54, 1.807) is 0 Å². The van der Waals surface area contributed by atoms with Crippen molar-refractivity contribution in [1.29, 1.82) is 0 Å². The Morgan fingerprint density at radius 2 is 1.18 bits per heavy atom. The van der Waals surface area contributed by atoms with E-state index in [2.05, 4.69) is 22.8 Å². The molecular weight excluding hydrogens is 372 g/mol. The van der Waals surface area contributed by atoms with Gasteiger partial charge in [-0.05, 0) is 55.9 Å². The zero-order chi connectivity index (χ0) is 19.9. The van der Waals surface area contributed by atoms with Gasteiger partial charge in [0.05, 0.1) is 0 Å². The number of benzene rings is 2. The molecule has 5 heteroatoms. The second-order valence-corrected chi connectivity index (χ2v) is 8.03. The highest BCUT2D eigenvalue weighted by atomic mass is 35.5. The Bertz CT molecular complexity index is 725. The third kappa shape index (κ3) is 5.83. The summed E-state index contributed by atoms with van der Waals surface area (Å²) in [7, 11) is 0. The summed E-state index contributed by atoms with van der Waals surface area (Å²) in [6.45, 7) is 3.11. The van der Waals surface area contributed by atoms with Crippen molar-refractivity contribution < 1.29 is 9.59 Å². The number of amides is 2. The van der Waals surface area contributed by atoms with Crippen molar-refractivity contribution >= 4 is 23.4 Å². The summed E-state index contributed by atoms with van der Waals surface area (Å²) < 4.78 is 0. The molecule has 2 aromatic rings. The summed E-state index contributed by atoms with van der Waals surface area (Å²) >= 11 is 5.88. The van der Waals surface area contributed by atoms with Crippen molar-refractivity contribution in [2.45, 2.75) is 45.7 Å². The van der Waals surface area contributed by atoms with E-state index in [-0.39, 0.29) is 23.7 Å². The van der Waals surface area contributed by atoms with Crippen molar-refractivity contribution in [3.63, 3.8) is 0 Å². The van der Waals surface area contributed by atoms with Crippen molar-refractivity contribution in [2.24, 2.45) is 11.8 Å². The predicted octanol–water partition coefficient (Wildman–Crippen LogP) is 4.39. The summed E-state index contributed by atoms with van der Waals surface area (Å²) in [5, 5.41) is 6.72. The molecule has 0 atom stereocenters. The van der Waals surface area contributed by atoms with Gasteiger partial charge in [0.2, 0.25) is 11.8 Å². The smallest absolute Gasteiger partial charge is 0.223 e. The lowest BCUT2D eigenvalue weighted by molar-refractivity contribution is -0.130. The minimum Gasteiger partial charge on any atom is -0.352 e. The first kappa shape index (κ1) is 20.4. The first-order valence-electron chi connectivity index (χ1n) is 9.86. The molecule has 1 fully saturated rings. The molecule has 148 valence electrons. The van der Waals surface area contributed by atoms with Crippen LogP contribution in [-0.4, -0.2) is 11.8 Å². The van der Waals surface area contributed by atoms with Gasteiger partial charge in [-0.1, -0.05) is 53.6 Å². The van der Waals surface area contributed by atoms with Gasteiger partial charge in [0.15, 0.2) is 0 Å². The number of aryl methyl sites for hydroxylation is 1. The second kappa shape index (κ2) is 9.74. The highest BCUT2D eigenvalue weighted by Crippen LogP contribution is 2.29. The normalized spacial score (nSPS) is 19.1. The van der Waals surface area contributed by atoms with E-state index in [0.717, 1.165) is 36.8 Å². The SMILES string of the molecule is Cc1ccc(CNC(=O)C2CCC(C(=O)NCc3ccc(Cl)cc3)CC2)cc1. The molecule has 0 saturated heterocycles. The Hall–Kier alpha value is -2.33. The van der Waals surface area contributed by atoms with E-state index < -0.39 is 0 Å². The van der Waals surface area contributed by atoms with Gasteiger partial charge in [0.1, 0.15) is 0 Å². The van der Waals surface area contributed by atoms with Crippen molar-refractivity contribution in [2.75, 3.05) is 0 Å². The van der Waals surface area contributed by atoms with E-state index in [9.17, 15) is 9.59 Å². The van der Waals surface area contributed by atoms with Gasteiger partial charge in [-0.3, -0.25) is 9.59 Å². The second-order valence-electron chi connectivity index (χ2n) is 7.60. The number of nitrogens with one attached hydrogen (secondary N) is 2. The molecule has 0 bridgehead atoms. The van der Waals surface area contributed by atoms with Gasteiger partial charge < -0.3 is 10.6 Å². The average molecular weight is 399 g/mol. The third-order valence-electron chi connectivity index (χ3n) is 5.44. The highest BCUT2D eigenvalue weighted by Gasteiger charge is 2.29. The van der Waals surface area contributed by atoms with Crippen LogP contribution in [0.2, 0.25) is 5.02 Å². The van der Waals surface area contributed by atoms with Crippen LogP contribution in [0, 0.1) is 18.8 Å². The lowest BCUT2D eigenvalue weighted by Crippen LogP contribution is -2.37. The quantitative estimate of drug-likeness (QED) is 0.758. The molecule has 3 rings (SSSR count). The number of carbonyl (C=O) groups excluding carboxylic acids is 2. The lowest BCUT2D eigenvalue weighted by atomic mass is 9.81. The van der Waals surface area contributed by atoms with Gasteiger partial charge >= 0.3 is 0 Å². The van der Waals surface area contributed by atoms with Gasteiger partial charge in [0, 0.05) is 29.9 Å². The van der Waals surface area contributed by atoms with Gasteiger partial charge in [0.25, 0.3) is 0 Å². The Kier molecular flexibility index (Phi) is 7.10. The van der Waals surface area contributed by atoms with Crippen molar-refractivity contribution in [1.82, 2.24) is 10.6 Å². The minimum absolute atomic E-state index is 0.00534. The molecule has 1 aliphatic rings. The van der Waals surface area contributed by atoms with Crippen LogP contribution in [0.1, 0.15) is 42.4 Å². The van der Waals surface area contributed by atoms with E-state index in [4.69, 9.17) is 11.6 Å². The summed E-state index contributed by atoms with van der Waals surface area (Å²) in [5.74, 6) is 0.174. The molecule has 4 nitrogen and oxygen atoms in total. The summed E-state index contributed by atoms with van der Waals surface area (Å²) in [6.07, 6.45) is 3.04. The molecule has 2 N–H and O–H groups in total. The molecule has 0 aromatic heterocycles. The van der Waals surface area contributed by atoms with Gasteiger partial charge in [-0.15, -0.1) is 0 Å². The molecule has 0 spiro atoms. The van der Waals surface area contributed by atoms with Crippen LogP contribution in [0.25, 0.3) is 0 Å². The van der Waals surface area contributed by atoms with Crippen LogP contribution in [0.15, 0.2) is 48.5 Å². The third-order valence-corrected chi connectivity index (χ3v) is 5.69. The standard InChI is InChI=1S/C23H27ClN2O2/c1-16-2-4-17(5-3-16)14-25-22(27)19-8-10-20(11-9-19)23(28)26-15-18-6-12-21(24)13-7-18/h2-7,12-13,19-20H,8-11,14-15H2,1H3,(H,25,27)(H,26,28). The summed E-state index contributed by atoms with van der Waals surface area (Å²) in [6, 6.07) is 15.7. The molecule has 0 unspecified atom stereocenters. The molecule has 2 aromatic carbocycles. The minimum atomic E-state index is -0.00607. The van der Waals surface area contributed by atoms with Crippen LogP contribution in [-0.2, 0) is 22.7 Å². The molecular formula is C23H27ClN2O2. The maximum atomic E-state index is 12.4. The first-order valence-corrected chi connectivity index (χ1v) is 10.2. The number of hydrogen-bond acceptors (Lipinski definition) is 2. The monoisotopic (exact) mass is 398 g/mol. The number of halogens is 1. The van der Waals surface area contributed by atoms with Crippen LogP contribution in [0.5, 0.6) is 0 Å². The number of hydrogen-bond donors (Lipinski definition) is 2. The fraction of sp³-hybridized carbons (Fsp3) is 0.391. The van der Waals surface area contributed by atoms with E-state index in [1.807, 2.05) is 43.3 Å². The molecule has 2 amide bonds. The molecule has 0 radical (unpaired) electrons. The Balaban J connectivity index is 1.39. The maximum absolute atomic E-state index is 12.4. The summed E-state index contributed by atoms with van der Waals surface area (Å²) in [4.78, 5) is 24.8. The topological polar surface area (TPSA) is 58.2 Å². The summed E-state index contributed by atoms with van der Waals surface area (Å²) in [5.41, 5.74) is 3.35. The Morgan fingerprint density at radius 3 is 1.61 bits per heavy atom. The maximum Gasteiger partial charge on any atom is 0.223 e. The van der Waals surface area contributed by atoms with Crippen LogP contribution >= 0.6 is 11.6 Å². The molecule has 0 aliphatic heterocycles. The van der Waals surface area contributed by atoms with Crippen molar-refractivity contribution in [3.05, 3.63) is 70.2 Å². The van der Waals surface area contributed by atoms with E-state index in [0.29, 0.717) is 18.1 Å². The predicted molar refractivity (Wildman–Crippen MR) is 112 cm³/mol. The lowest BCUT2D eigenvalue weighted by Gasteiger charge is -2.27. The molecule has 28 heavy (non-hydrogen) atoms. The molecule has 1 saturated carbocycles. The van der Waals surface area contributed by atoms with E-state index >= 15 is 0 Å². The zero-order valence-corrected chi connectivity index (χ0v) is 17.0. The van der Waals surface area contributed by atoms with Crippen LogP contribution in [0.4, 0.5) is 0 Å². The highest BCUT2D eigenvalue weighted by molar-refractivity contribution is 6.30. The van der Waals surface area contributed by atoms with Crippen LogP contribution < -0.4 is 10.6 Å². The van der Waals surface area contributed by atoms with Crippen LogP contribution in [0.3, 0.4) is 0 Å². The first-order chi connectivity index (χ1) is 13.5. The Labute approximate surface area is 171 Å². The fourth-order valence-electron chi connectivity index (χ4n) is 3.59. The number of rotatable bonds is 6. The largest absolute Gasteiger partial charge is 0.352 e. The van der Waals surface area contributed by atoms with Gasteiger partial charge in [-0.25, -0.2) is 0 Å².